The lowest BCUT2D eigenvalue weighted by atomic mass is 9.94. The first-order valence-electron chi connectivity index (χ1n) is 4.27. The van der Waals surface area contributed by atoms with Crippen molar-refractivity contribution in [2.24, 2.45) is 0 Å². The summed E-state index contributed by atoms with van der Waals surface area (Å²) in [4.78, 5) is 0. The number of aliphatic hydroxyl groups excluding tert-OH is 1. The molecule has 1 aromatic rings. The first-order valence-corrected chi connectivity index (χ1v) is 4.27. The van der Waals surface area contributed by atoms with Gasteiger partial charge in [-0.3, -0.25) is 0 Å². The molecule has 0 spiro atoms. The summed E-state index contributed by atoms with van der Waals surface area (Å²) in [5.74, 6) is -0.0568. The third-order valence-electron chi connectivity index (χ3n) is 2.05. The summed E-state index contributed by atoms with van der Waals surface area (Å²) < 4.78 is 0. The van der Waals surface area contributed by atoms with Gasteiger partial charge < -0.3 is 5.11 Å². The molecule has 1 N–H and O–H groups in total. The van der Waals surface area contributed by atoms with E-state index in [9.17, 15) is 5.11 Å². The topological polar surface area (TPSA) is 20.2 Å². The Hall–Kier alpha value is -1.34. The van der Waals surface area contributed by atoms with Crippen LogP contribution in [0.15, 0.2) is 55.6 Å². The lowest BCUT2D eigenvalue weighted by Crippen LogP contribution is -2.13. The number of benzene rings is 1. The summed E-state index contributed by atoms with van der Waals surface area (Å²) in [5.41, 5.74) is 1.06. The van der Waals surface area contributed by atoms with Gasteiger partial charge in [0.05, 0.1) is 6.10 Å². The highest BCUT2D eigenvalue weighted by atomic mass is 16.3. The number of hydrogen-bond acceptors (Lipinski definition) is 1. The standard InChI is InChI=1S/C12H14O/c1-3-11(12(13)4-2)10-8-6-5-7-9-10/h3-9,11-13H,1-2H2. The molecule has 0 bridgehead atoms. The number of hydrogen-bond donors (Lipinski definition) is 1. The molecule has 0 saturated heterocycles. The van der Waals surface area contributed by atoms with E-state index in [0.29, 0.717) is 0 Å². The van der Waals surface area contributed by atoms with Crippen LogP contribution >= 0.6 is 0 Å². The Kier molecular flexibility index (Phi) is 3.47. The summed E-state index contributed by atoms with van der Waals surface area (Å²) in [6, 6.07) is 9.78. The molecular weight excluding hydrogens is 160 g/mol. The third-order valence-corrected chi connectivity index (χ3v) is 2.05. The molecular formula is C12H14O. The first kappa shape index (κ1) is 9.75. The van der Waals surface area contributed by atoms with Crippen LogP contribution in [-0.2, 0) is 0 Å². The summed E-state index contributed by atoms with van der Waals surface area (Å²) in [5, 5.41) is 9.58. The monoisotopic (exact) mass is 174 g/mol. The Morgan fingerprint density at radius 1 is 1.08 bits per heavy atom. The van der Waals surface area contributed by atoms with Gasteiger partial charge in [-0.05, 0) is 5.56 Å². The van der Waals surface area contributed by atoms with E-state index in [-0.39, 0.29) is 5.92 Å². The molecule has 1 heteroatoms. The zero-order chi connectivity index (χ0) is 9.68. The normalized spacial score (nSPS) is 14.5. The molecule has 0 saturated carbocycles. The van der Waals surface area contributed by atoms with Gasteiger partial charge in [0.1, 0.15) is 0 Å². The molecule has 68 valence electrons. The van der Waals surface area contributed by atoms with Crippen LogP contribution in [0.1, 0.15) is 11.5 Å². The summed E-state index contributed by atoms with van der Waals surface area (Å²) >= 11 is 0. The molecule has 1 nitrogen and oxygen atoms in total. The van der Waals surface area contributed by atoms with Gasteiger partial charge in [-0.2, -0.15) is 0 Å². The highest BCUT2D eigenvalue weighted by molar-refractivity contribution is 5.25. The molecule has 0 amide bonds. The SMILES string of the molecule is C=CC(O)C(C=C)c1ccccc1. The molecule has 0 radical (unpaired) electrons. The van der Waals surface area contributed by atoms with Crippen LogP contribution < -0.4 is 0 Å². The fraction of sp³-hybridized carbons (Fsp3) is 0.167. The summed E-state index contributed by atoms with van der Waals surface area (Å²) in [6.07, 6.45) is 2.71. The third kappa shape index (κ3) is 2.30. The second-order valence-electron chi connectivity index (χ2n) is 2.90. The van der Waals surface area contributed by atoms with Crippen molar-refractivity contribution in [1.82, 2.24) is 0 Å². The van der Waals surface area contributed by atoms with E-state index in [1.165, 1.54) is 6.08 Å². The van der Waals surface area contributed by atoms with Gasteiger partial charge in [-0.1, -0.05) is 42.5 Å². The Morgan fingerprint density at radius 3 is 2.15 bits per heavy atom. The maximum absolute atomic E-state index is 9.58. The highest BCUT2D eigenvalue weighted by Gasteiger charge is 2.13. The van der Waals surface area contributed by atoms with E-state index in [0.717, 1.165) is 5.56 Å². The average Bonchev–Trinajstić information content (AvgIpc) is 2.20. The van der Waals surface area contributed by atoms with Crippen LogP contribution in [-0.4, -0.2) is 11.2 Å². The Morgan fingerprint density at radius 2 is 1.69 bits per heavy atom. The Labute approximate surface area is 79.0 Å². The zero-order valence-corrected chi connectivity index (χ0v) is 7.56. The lowest BCUT2D eigenvalue weighted by Gasteiger charge is -2.16. The van der Waals surface area contributed by atoms with Crippen molar-refractivity contribution >= 4 is 0 Å². The predicted octanol–water partition coefficient (Wildman–Crippen LogP) is 2.50. The minimum absolute atomic E-state index is 0.0568. The molecule has 1 rings (SSSR count). The molecule has 0 aliphatic heterocycles. The van der Waals surface area contributed by atoms with E-state index in [4.69, 9.17) is 0 Å². The van der Waals surface area contributed by atoms with Gasteiger partial charge in [0.25, 0.3) is 0 Å². The first-order chi connectivity index (χ1) is 6.29. The zero-order valence-electron chi connectivity index (χ0n) is 7.56. The minimum Gasteiger partial charge on any atom is -0.388 e. The van der Waals surface area contributed by atoms with Gasteiger partial charge in [0, 0.05) is 5.92 Å². The second-order valence-corrected chi connectivity index (χ2v) is 2.90. The van der Waals surface area contributed by atoms with Crippen LogP contribution in [0.4, 0.5) is 0 Å². The Balaban J connectivity index is 2.90. The molecule has 2 atom stereocenters. The van der Waals surface area contributed by atoms with Gasteiger partial charge in [-0.25, -0.2) is 0 Å². The molecule has 0 heterocycles. The van der Waals surface area contributed by atoms with Crippen molar-refractivity contribution in [2.45, 2.75) is 12.0 Å². The van der Waals surface area contributed by atoms with Gasteiger partial charge >= 0.3 is 0 Å². The van der Waals surface area contributed by atoms with Crippen molar-refractivity contribution in [2.75, 3.05) is 0 Å². The molecule has 2 unspecified atom stereocenters. The fourth-order valence-electron chi connectivity index (χ4n) is 1.29. The smallest absolute Gasteiger partial charge is 0.0821 e. The molecule has 0 aliphatic rings. The number of rotatable bonds is 4. The van der Waals surface area contributed by atoms with Crippen LogP contribution in [0, 0.1) is 0 Å². The van der Waals surface area contributed by atoms with Gasteiger partial charge in [0.2, 0.25) is 0 Å². The predicted molar refractivity (Wildman–Crippen MR) is 55.6 cm³/mol. The van der Waals surface area contributed by atoms with Crippen molar-refractivity contribution < 1.29 is 5.11 Å². The maximum atomic E-state index is 9.58. The van der Waals surface area contributed by atoms with Crippen LogP contribution in [0.3, 0.4) is 0 Å². The van der Waals surface area contributed by atoms with Gasteiger partial charge in [0.15, 0.2) is 0 Å². The van der Waals surface area contributed by atoms with Crippen LogP contribution in [0.2, 0.25) is 0 Å². The summed E-state index contributed by atoms with van der Waals surface area (Å²) in [6.45, 7) is 7.26. The molecule has 1 aromatic carbocycles. The van der Waals surface area contributed by atoms with E-state index in [1.807, 2.05) is 30.3 Å². The maximum Gasteiger partial charge on any atom is 0.0821 e. The molecule has 0 aromatic heterocycles. The van der Waals surface area contributed by atoms with Crippen molar-refractivity contribution in [3.05, 3.63) is 61.2 Å². The molecule has 13 heavy (non-hydrogen) atoms. The molecule has 0 fully saturated rings. The van der Waals surface area contributed by atoms with E-state index in [2.05, 4.69) is 13.2 Å². The average molecular weight is 174 g/mol. The summed E-state index contributed by atoms with van der Waals surface area (Å²) in [7, 11) is 0. The largest absolute Gasteiger partial charge is 0.388 e. The minimum atomic E-state index is -0.556. The highest BCUT2D eigenvalue weighted by Crippen LogP contribution is 2.20. The van der Waals surface area contributed by atoms with Gasteiger partial charge in [-0.15, -0.1) is 13.2 Å². The number of aliphatic hydroxyl groups is 1. The van der Waals surface area contributed by atoms with E-state index < -0.39 is 6.10 Å². The molecule has 0 aliphatic carbocycles. The fourth-order valence-corrected chi connectivity index (χ4v) is 1.29. The lowest BCUT2D eigenvalue weighted by molar-refractivity contribution is 0.208. The van der Waals surface area contributed by atoms with Crippen LogP contribution in [0.5, 0.6) is 0 Å². The van der Waals surface area contributed by atoms with Crippen molar-refractivity contribution in [3.8, 4) is 0 Å². The van der Waals surface area contributed by atoms with E-state index >= 15 is 0 Å². The Bertz CT molecular complexity index is 276. The van der Waals surface area contributed by atoms with Crippen molar-refractivity contribution in [3.63, 3.8) is 0 Å². The van der Waals surface area contributed by atoms with E-state index in [1.54, 1.807) is 6.08 Å². The quantitative estimate of drug-likeness (QED) is 0.695. The van der Waals surface area contributed by atoms with Crippen molar-refractivity contribution in [1.29, 1.82) is 0 Å². The second kappa shape index (κ2) is 4.63. The van der Waals surface area contributed by atoms with Crippen LogP contribution in [0.25, 0.3) is 0 Å².